The van der Waals surface area contributed by atoms with Crippen molar-refractivity contribution in [3.8, 4) is 0 Å². The van der Waals surface area contributed by atoms with Crippen molar-refractivity contribution in [1.82, 2.24) is 10.2 Å². The molecular weight excluding hydrogens is 176 g/mol. The molecule has 0 aromatic carbocycles. The zero-order valence-electron chi connectivity index (χ0n) is 8.02. The third kappa shape index (κ3) is 1.20. The maximum atomic E-state index is 5.91. The summed E-state index contributed by atoms with van der Waals surface area (Å²) < 4.78 is 5.91. The van der Waals surface area contributed by atoms with Crippen LogP contribution in [0, 0.1) is 0 Å². The lowest BCUT2D eigenvalue weighted by Gasteiger charge is -2.33. The average Bonchev–Trinajstić information content (AvgIpc) is 2.59. The molecule has 0 spiro atoms. The zero-order valence-corrected chi connectivity index (χ0v) is 8.02. The summed E-state index contributed by atoms with van der Waals surface area (Å²) in [6, 6.07) is 0. The van der Waals surface area contributed by atoms with E-state index in [1.165, 1.54) is 19.3 Å². The van der Waals surface area contributed by atoms with Crippen molar-refractivity contribution in [1.29, 1.82) is 0 Å². The molecule has 0 amide bonds. The third-order valence-corrected chi connectivity index (χ3v) is 2.94. The first-order valence-electron chi connectivity index (χ1n) is 5.19. The van der Waals surface area contributed by atoms with Gasteiger partial charge in [-0.15, -0.1) is 0 Å². The van der Waals surface area contributed by atoms with Crippen molar-refractivity contribution in [2.24, 2.45) is 0 Å². The van der Waals surface area contributed by atoms with Crippen molar-refractivity contribution in [3.05, 3.63) is 36.5 Å². The largest absolute Gasteiger partial charge is 0.491 e. The van der Waals surface area contributed by atoms with Crippen LogP contribution in [0.25, 0.3) is 0 Å². The van der Waals surface area contributed by atoms with Crippen LogP contribution in [0.15, 0.2) is 36.5 Å². The second-order valence-electron chi connectivity index (χ2n) is 3.91. The lowest BCUT2D eigenvalue weighted by Crippen LogP contribution is -2.38. The van der Waals surface area contributed by atoms with Crippen molar-refractivity contribution >= 4 is 0 Å². The van der Waals surface area contributed by atoms with E-state index in [-0.39, 0.29) is 6.17 Å². The Balaban J connectivity index is 1.71. The summed E-state index contributed by atoms with van der Waals surface area (Å²) in [5.41, 5.74) is 0. The second-order valence-corrected chi connectivity index (χ2v) is 3.91. The van der Waals surface area contributed by atoms with Crippen molar-refractivity contribution in [2.45, 2.75) is 31.5 Å². The van der Waals surface area contributed by atoms with Crippen LogP contribution in [-0.2, 0) is 4.74 Å². The number of rotatable bonds is 2. The molecule has 0 bridgehead atoms. The zero-order chi connectivity index (χ0) is 9.38. The summed E-state index contributed by atoms with van der Waals surface area (Å²) in [7, 11) is 0. The number of nitrogens with zero attached hydrogens (tertiary/aromatic N) is 1. The minimum absolute atomic E-state index is 0.195. The van der Waals surface area contributed by atoms with Crippen LogP contribution in [0.5, 0.6) is 0 Å². The molecule has 0 aromatic heterocycles. The molecule has 3 aliphatic rings. The van der Waals surface area contributed by atoms with E-state index in [1.807, 2.05) is 18.5 Å². The fourth-order valence-corrected chi connectivity index (χ4v) is 1.87. The Kier molecular flexibility index (Phi) is 1.76. The summed E-state index contributed by atoms with van der Waals surface area (Å²) in [5.74, 6) is 1.04. The van der Waals surface area contributed by atoms with E-state index in [0.717, 1.165) is 5.76 Å². The first-order chi connectivity index (χ1) is 6.93. The SMILES string of the molecule is C1=CN2C=CNC2C(OC2CCC2)=C1. The Morgan fingerprint density at radius 3 is 3.07 bits per heavy atom. The Morgan fingerprint density at radius 1 is 1.36 bits per heavy atom. The van der Waals surface area contributed by atoms with Gasteiger partial charge in [-0.25, -0.2) is 0 Å². The molecule has 1 unspecified atom stereocenters. The molecule has 1 fully saturated rings. The van der Waals surface area contributed by atoms with Gasteiger partial charge in [0.25, 0.3) is 0 Å². The van der Waals surface area contributed by atoms with Gasteiger partial charge in [-0.2, -0.15) is 0 Å². The van der Waals surface area contributed by atoms with Crippen LogP contribution in [-0.4, -0.2) is 17.2 Å². The predicted octanol–water partition coefficient (Wildman–Crippen LogP) is 1.67. The van der Waals surface area contributed by atoms with E-state index < -0.39 is 0 Å². The molecule has 3 rings (SSSR count). The third-order valence-electron chi connectivity index (χ3n) is 2.94. The summed E-state index contributed by atoms with van der Waals surface area (Å²) in [6.45, 7) is 0. The number of fused-ring (bicyclic) bond motifs is 1. The van der Waals surface area contributed by atoms with E-state index in [0.29, 0.717) is 6.10 Å². The van der Waals surface area contributed by atoms with Crippen LogP contribution in [0.4, 0.5) is 0 Å². The lowest BCUT2D eigenvalue weighted by atomic mass is 9.96. The molecule has 3 heteroatoms. The molecule has 0 radical (unpaired) electrons. The lowest BCUT2D eigenvalue weighted by molar-refractivity contribution is 0.0318. The first-order valence-corrected chi connectivity index (χ1v) is 5.19. The molecule has 0 saturated heterocycles. The Hall–Kier alpha value is -1.38. The highest BCUT2D eigenvalue weighted by Gasteiger charge is 2.28. The summed E-state index contributed by atoms with van der Waals surface area (Å²) in [6.07, 6.45) is 14.5. The molecule has 2 heterocycles. The maximum absolute atomic E-state index is 5.91. The molecule has 0 aromatic rings. The Labute approximate surface area is 83.7 Å². The van der Waals surface area contributed by atoms with Gasteiger partial charge >= 0.3 is 0 Å². The summed E-state index contributed by atoms with van der Waals surface area (Å²) in [4.78, 5) is 2.12. The molecule has 14 heavy (non-hydrogen) atoms. The van der Waals surface area contributed by atoms with Gasteiger partial charge in [0.1, 0.15) is 5.76 Å². The monoisotopic (exact) mass is 190 g/mol. The molecule has 3 nitrogen and oxygen atoms in total. The minimum atomic E-state index is 0.195. The van der Waals surface area contributed by atoms with Gasteiger partial charge in [0, 0.05) is 18.6 Å². The van der Waals surface area contributed by atoms with E-state index in [4.69, 9.17) is 4.74 Å². The number of hydrogen-bond donors (Lipinski definition) is 1. The molecular formula is C11H14N2O. The molecule has 1 N–H and O–H groups in total. The first kappa shape index (κ1) is 7.97. The average molecular weight is 190 g/mol. The van der Waals surface area contributed by atoms with E-state index in [9.17, 15) is 0 Å². The van der Waals surface area contributed by atoms with Crippen LogP contribution in [0.3, 0.4) is 0 Å². The number of nitrogens with one attached hydrogen (secondary N) is 1. The molecule has 2 aliphatic heterocycles. The van der Waals surface area contributed by atoms with E-state index >= 15 is 0 Å². The van der Waals surface area contributed by atoms with E-state index in [2.05, 4.69) is 22.5 Å². The molecule has 74 valence electrons. The van der Waals surface area contributed by atoms with Crippen LogP contribution in [0.1, 0.15) is 19.3 Å². The van der Waals surface area contributed by atoms with Crippen molar-refractivity contribution in [2.75, 3.05) is 0 Å². The maximum Gasteiger partial charge on any atom is 0.161 e. The van der Waals surface area contributed by atoms with Gasteiger partial charge in [0.05, 0.1) is 6.10 Å². The van der Waals surface area contributed by atoms with Gasteiger partial charge in [-0.1, -0.05) is 0 Å². The van der Waals surface area contributed by atoms with Crippen LogP contribution in [0.2, 0.25) is 0 Å². The summed E-state index contributed by atoms with van der Waals surface area (Å²) in [5, 5.41) is 3.26. The quantitative estimate of drug-likeness (QED) is 0.716. The molecule has 1 aliphatic carbocycles. The topological polar surface area (TPSA) is 24.5 Å². The Morgan fingerprint density at radius 2 is 2.29 bits per heavy atom. The number of ether oxygens (including phenoxy) is 1. The molecule has 1 saturated carbocycles. The van der Waals surface area contributed by atoms with Gasteiger partial charge in [-0.05, 0) is 31.4 Å². The highest BCUT2D eigenvalue weighted by Crippen LogP contribution is 2.28. The van der Waals surface area contributed by atoms with Crippen molar-refractivity contribution < 1.29 is 4.74 Å². The highest BCUT2D eigenvalue weighted by atomic mass is 16.5. The Bertz CT molecular complexity index is 315. The minimum Gasteiger partial charge on any atom is -0.491 e. The van der Waals surface area contributed by atoms with E-state index in [1.54, 1.807) is 0 Å². The smallest absolute Gasteiger partial charge is 0.161 e. The van der Waals surface area contributed by atoms with Gasteiger partial charge < -0.3 is 15.0 Å². The van der Waals surface area contributed by atoms with Crippen molar-refractivity contribution in [3.63, 3.8) is 0 Å². The fraction of sp³-hybridized carbons (Fsp3) is 0.455. The van der Waals surface area contributed by atoms with Gasteiger partial charge in [-0.3, -0.25) is 0 Å². The standard InChI is InChI=1S/C11H14N2O/c1-3-9(4-1)14-10-5-2-7-13-8-6-12-11(10)13/h2,5-9,11-12H,1,3-4H2. The predicted molar refractivity (Wildman–Crippen MR) is 53.8 cm³/mol. The van der Waals surface area contributed by atoms with Crippen LogP contribution < -0.4 is 5.32 Å². The number of hydrogen-bond acceptors (Lipinski definition) is 3. The number of allylic oxidation sites excluding steroid dienone is 2. The second kappa shape index (κ2) is 3.08. The fourth-order valence-electron chi connectivity index (χ4n) is 1.87. The summed E-state index contributed by atoms with van der Waals surface area (Å²) >= 11 is 0. The van der Waals surface area contributed by atoms with Crippen LogP contribution >= 0.6 is 0 Å². The van der Waals surface area contributed by atoms with Gasteiger partial charge in [0.2, 0.25) is 0 Å². The van der Waals surface area contributed by atoms with Gasteiger partial charge in [0.15, 0.2) is 6.17 Å². The normalized spacial score (nSPS) is 29.3. The highest BCUT2D eigenvalue weighted by molar-refractivity contribution is 5.23. The molecule has 1 atom stereocenters.